The molecule has 176 valence electrons. The maximum Gasteiger partial charge on any atom is 0.295 e. The number of carbonyl (C=O) groups excluding carboxylic acids is 1. The zero-order chi connectivity index (χ0) is 24.6. The molecule has 1 atom stereocenters. The molecule has 0 aliphatic carbocycles. The van der Waals surface area contributed by atoms with Crippen LogP contribution in [0, 0.1) is 6.92 Å². The van der Waals surface area contributed by atoms with Gasteiger partial charge in [-0.25, -0.2) is 8.42 Å². The summed E-state index contributed by atoms with van der Waals surface area (Å²) in [4.78, 5) is 14.3. The third-order valence-corrected chi connectivity index (χ3v) is 7.94. The van der Waals surface area contributed by atoms with E-state index in [1.807, 2.05) is 19.1 Å². The van der Waals surface area contributed by atoms with Gasteiger partial charge >= 0.3 is 0 Å². The number of anilines is 1. The monoisotopic (exact) mass is 477 g/mol. The molecule has 0 radical (unpaired) electrons. The maximum atomic E-state index is 13.7. The lowest BCUT2D eigenvalue weighted by Gasteiger charge is -2.27. The molecule has 0 saturated carbocycles. The van der Waals surface area contributed by atoms with Gasteiger partial charge in [0.2, 0.25) is 9.84 Å². The van der Waals surface area contributed by atoms with Crippen molar-refractivity contribution in [3.05, 3.63) is 100 Å². The van der Waals surface area contributed by atoms with Gasteiger partial charge in [0.25, 0.3) is 5.91 Å². The van der Waals surface area contributed by atoms with Crippen molar-refractivity contribution in [2.45, 2.75) is 37.6 Å². The van der Waals surface area contributed by atoms with Gasteiger partial charge in [0.05, 0.1) is 12.0 Å². The van der Waals surface area contributed by atoms with Crippen LogP contribution in [0.3, 0.4) is 0 Å². The average molecular weight is 478 g/mol. The van der Waals surface area contributed by atoms with Crippen LogP contribution in [-0.4, -0.2) is 26.5 Å². The van der Waals surface area contributed by atoms with E-state index in [1.165, 1.54) is 24.1 Å². The summed E-state index contributed by atoms with van der Waals surface area (Å²) in [5, 5.41) is 10.9. The highest BCUT2D eigenvalue weighted by molar-refractivity contribution is 7.95. The van der Waals surface area contributed by atoms with Crippen molar-refractivity contribution in [2.24, 2.45) is 0 Å². The molecule has 4 rings (SSSR count). The lowest BCUT2D eigenvalue weighted by Crippen LogP contribution is -2.31. The number of hydrogen-bond acceptors (Lipinski definition) is 5. The van der Waals surface area contributed by atoms with Crippen molar-refractivity contribution >= 4 is 21.4 Å². The van der Waals surface area contributed by atoms with Crippen LogP contribution in [0.15, 0.2) is 88.4 Å². The quantitative estimate of drug-likeness (QED) is 0.510. The van der Waals surface area contributed by atoms with Gasteiger partial charge in [-0.2, -0.15) is 0 Å². The first kappa shape index (κ1) is 23.6. The second kappa shape index (κ2) is 8.99. The molecule has 0 bridgehead atoms. The Morgan fingerprint density at radius 2 is 1.50 bits per heavy atom. The normalized spacial score (nSPS) is 16.4. The fraction of sp³-hybridized carbons (Fsp3) is 0.222. The molecule has 3 aromatic carbocycles. The summed E-state index contributed by atoms with van der Waals surface area (Å²) in [5.74, 6) is -0.639. The van der Waals surface area contributed by atoms with Crippen molar-refractivity contribution in [1.82, 2.24) is 0 Å². The van der Waals surface area contributed by atoms with E-state index in [4.69, 9.17) is 4.74 Å². The highest BCUT2D eigenvalue weighted by Crippen LogP contribution is 2.45. The number of carbonyl (C=O) groups is 1. The van der Waals surface area contributed by atoms with E-state index in [0.717, 1.165) is 11.1 Å². The second-order valence-corrected chi connectivity index (χ2v) is 10.5. The first-order valence-corrected chi connectivity index (χ1v) is 12.5. The third-order valence-electron chi connectivity index (χ3n) is 6.05. The Morgan fingerprint density at radius 3 is 2.03 bits per heavy atom. The minimum absolute atomic E-state index is 0.0166. The first-order valence-electron chi connectivity index (χ1n) is 11.0. The highest BCUT2D eigenvalue weighted by atomic mass is 32.2. The number of ether oxygens (including phenoxy) is 1. The fourth-order valence-corrected chi connectivity index (χ4v) is 5.70. The van der Waals surface area contributed by atoms with E-state index >= 15 is 0 Å². The summed E-state index contributed by atoms with van der Waals surface area (Å²) in [6.07, 6.45) is 0. The van der Waals surface area contributed by atoms with E-state index in [-0.39, 0.29) is 9.80 Å². The maximum absolute atomic E-state index is 13.7. The standard InChI is InChI=1S/C27H27NO5S/c1-17(2)19-7-11-21(12-8-19)28-24(20-9-13-22(33-4)14-10-20)26(25(29)27(28)30)34(31,32)23-15-5-18(3)6-16-23/h5-17,24,29H,1-4H3/t24-/m1/s1. The summed E-state index contributed by atoms with van der Waals surface area (Å²) < 4.78 is 32.7. The van der Waals surface area contributed by atoms with Crippen LogP contribution in [0.2, 0.25) is 0 Å². The molecular formula is C27H27NO5S. The molecule has 0 fully saturated rings. The van der Waals surface area contributed by atoms with Crippen LogP contribution >= 0.6 is 0 Å². The van der Waals surface area contributed by atoms with Crippen LogP contribution < -0.4 is 9.64 Å². The molecule has 3 aromatic rings. The van der Waals surface area contributed by atoms with Gasteiger partial charge in [-0.3, -0.25) is 9.69 Å². The van der Waals surface area contributed by atoms with Gasteiger partial charge in [-0.05, 0) is 60.4 Å². The zero-order valence-electron chi connectivity index (χ0n) is 19.5. The summed E-state index contributed by atoms with van der Waals surface area (Å²) in [7, 11) is -2.64. The number of nitrogens with zero attached hydrogens (tertiary/aromatic N) is 1. The Balaban J connectivity index is 1.89. The number of methoxy groups -OCH3 is 1. The van der Waals surface area contributed by atoms with Crippen LogP contribution in [-0.2, 0) is 14.6 Å². The molecule has 0 unspecified atom stereocenters. The SMILES string of the molecule is COc1ccc([C@@H]2C(S(=O)(=O)c3ccc(C)cc3)=C(O)C(=O)N2c2ccc(C(C)C)cc2)cc1. The predicted octanol–water partition coefficient (Wildman–Crippen LogP) is 5.46. The van der Waals surface area contributed by atoms with Gasteiger partial charge in [-0.1, -0.05) is 55.8 Å². The molecule has 1 aliphatic heterocycles. The van der Waals surface area contributed by atoms with E-state index in [0.29, 0.717) is 22.9 Å². The predicted molar refractivity (Wildman–Crippen MR) is 132 cm³/mol. The van der Waals surface area contributed by atoms with E-state index in [1.54, 1.807) is 48.5 Å². The summed E-state index contributed by atoms with van der Waals surface area (Å²) in [6, 6.07) is 19.5. The lowest BCUT2D eigenvalue weighted by atomic mass is 10.0. The van der Waals surface area contributed by atoms with Gasteiger partial charge in [0.15, 0.2) is 5.76 Å². The molecule has 1 N–H and O–H groups in total. The molecule has 1 aliphatic rings. The van der Waals surface area contributed by atoms with E-state index in [9.17, 15) is 18.3 Å². The zero-order valence-corrected chi connectivity index (χ0v) is 20.3. The number of amides is 1. The molecule has 6 nitrogen and oxygen atoms in total. The average Bonchev–Trinajstić information content (AvgIpc) is 3.10. The van der Waals surface area contributed by atoms with Crippen LogP contribution in [0.1, 0.15) is 42.5 Å². The topological polar surface area (TPSA) is 83.9 Å². The van der Waals surface area contributed by atoms with Gasteiger partial charge in [0.1, 0.15) is 16.7 Å². The fourth-order valence-electron chi connectivity index (χ4n) is 4.07. The molecular weight excluding hydrogens is 450 g/mol. The van der Waals surface area contributed by atoms with Crippen LogP contribution in [0.5, 0.6) is 5.75 Å². The van der Waals surface area contributed by atoms with Gasteiger partial charge in [-0.15, -0.1) is 0 Å². The molecule has 1 amide bonds. The van der Waals surface area contributed by atoms with Crippen molar-refractivity contribution in [3.8, 4) is 5.75 Å². The van der Waals surface area contributed by atoms with Crippen molar-refractivity contribution in [1.29, 1.82) is 0 Å². The number of aliphatic hydroxyl groups is 1. The lowest BCUT2D eigenvalue weighted by molar-refractivity contribution is -0.117. The number of hydrogen-bond donors (Lipinski definition) is 1. The Hall–Kier alpha value is -3.58. The Kier molecular flexibility index (Phi) is 6.23. The molecule has 7 heteroatoms. The summed E-state index contributed by atoms with van der Waals surface area (Å²) >= 11 is 0. The minimum Gasteiger partial charge on any atom is -0.502 e. The summed E-state index contributed by atoms with van der Waals surface area (Å²) in [5.41, 5.74) is 3.02. The first-order chi connectivity index (χ1) is 16.1. The third kappa shape index (κ3) is 4.07. The van der Waals surface area contributed by atoms with Crippen molar-refractivity contribution in [2.75, 3.05) is 12.0 Å². The Bertz CT molecular complexity index is 1340. The molecule has 0 saturated heterocycles. The summed E-state index contributed by atoms with van der Waals surface area (Å²) in [6.45, 7) is 5.99. The number of sulfone groups is 1. The number of aliphatic hydroxyl groups excluding tert-OH is 1. The number of benzene rings is 3. The Labute approximate surface area is 200 Å². The molecule has 1 heterocycles. The molecule has 0 spiro atoms. The van der Waals surface area contributed by atoms with Crippen molar-refractivity contribution < 1.29 is 23.1 Å². The van der Waals surface area contributed by atoms with Crippen LogP contribution in [0.25, 0.3) is 0 Å². The van der Waals surface area contributed by atoms with E-state index in [2.05, 4.69) is 13.8 Å². The largest absolute Gasteiger partial charge is 0.502 e. The second-order valence-electron chi connectivity index (χ2n) is 8.63. The number of aryl methyl sites for hydroxylation is 1. The van der Waals surface area contributed by atoms with Crippen LogP contribution in [0.4, 0.5) is 5.69 Å². The molecule has 34 heavy (non-hydrogen) atoms. The van der Waals surface area contributed by atoms with Gasteiger partial charge < -0.3 is 9.84 Å². The smallest absolute Gasteiger partial charge is 0.295 e. The Morgan fingerprint density at radius 1 is 0.912 bits per heavy atom. The minimum atomic E-state index is -4.18. The van der Waals surface area contributed by atoms with E-state index < -0.39 is 27.5 Å². The highest BCUT2D eigenvalue weighted by Gasteiger charge is 2.47. The number of rotatable bonds is 6. The van der Waals surface area contributed by atoms with Crippen molar-refractivity contribution in [3.63, 3.8) is 0 Å². The molecule has 0 aromatic heterocycles. The van der Waals surface area contributed by atoms with Gasteiger partial charge in [0, 0.05) is 5.69 Å².